The minimum atomic E-state index is -0.917. The zero-order valence-electron chi connectivity index (χ0n) is 23.8. The van der Waals surface area contributed by atoms with Crippen LogP contribution >= 0.6 is 0 Å². The quantitative estimate of drug-likeness (QED) is 0.273. The normalized spacial score (nSPS) is 15.9. The first-order valence-electron chi connectivity index (χ1n) is 13.2. The van der Waals surface area contributed by atoms with Gasteiger partial charge in [0.2, 0.25) is 0 Å². The Morgan fingerprint density at radius 2 is 1.76 bits per heavy atom. The van der Waals surface area contributed by atoms with Gasteiger partial charge in [0.1, 0.15) is 11.6 Å². The topological polar surface area (TPSA) is 128 Å². The van der Waals surface area contributed by atoms with Gasteiger partial charge in [0, 0.05) is 59.1 Å². The molecule has 4 rings (SSSR count). The van der Waals surface area contributed by atoms with Gasteiger partial charge in [-0.05, 0) is 48.2 Å². The summed E-state index contributed by atoms with van der Waals surface area (Å²) in [5, 5.41) is 22.5. The van der Waals surface area contributed by atoms with Crippen LogP contribution in [0.25, 0.3) is 5.73 Å². The molecule has 0 bridgehead atoms. The van der Waals surface area contributed by atoms with E-state index in [4.69, 9.17) is 15.3 Å². The summed E-state index contributed by atoms with van der Waals surface area (Å²) in [6.45, 7) is 7.17. The summed E-state index contributed by atoms with van der Waals surface area (Å²) in [4.78, 5) is 22.6. The number of nitrogens with one attached hydrogen (secondary N) is 1. The van der Waals surface area contributed by atoms with E-state index in [0.29, 0.717) is 36.2 Å². The number of aryl methyl sites for hydroxylation is 1. The first-order valence-corrected chi connectivity index (χ1v) is 13.2. The Morgan fingerprint density at radius 3 is 2.37 bits per heavy atom. The molecule has 1 aliphatic rings. The molecule has 222 valence electrons. The summed E-state index contributed by atoms with van der Waals surface area (Å²) in [7, 11) is 1.61. The van der Waals surface area contributed by atoms with Gasteiger partial charge in [0.25, 0.3) is 0 Å². The van der Waals surface area contributed by atoms with E-state index in [2.05, 4.69) is 23.6 Å². The van der Waals surface area contributed by atoms with Crippen LogP contribution in [0.5, 0.6) is 11.5 Å². The number of hydrogen-bond acceptors (Lipinski definition) is 8. The predicted molar refractivity (Wildman–Crippen MR) is 153 cm³/mol. The molecule has 3 aromatic rings. The van der Waals surface area contributed by atoms with Gasteiger partial charge in [-0.1, -0.05) is 50.2 Å². The number of ether oxygens (including phenoxy) is 2. The number of aromatic nitrogens is 1. The maximum absolute atomic E-state index is 11.2. The van der Waals surface area contributed by atoms with E-state index < -0.39 is 24.5 Å². The summed E-state index contributed by atoms with van der Waals surface area (Å²) in [5.41, 5.74) is 9.30. The largest absolute Gasteiger partial charge is 0.639 e. The van der Waals surface area contributed by atoms with E-state index in [-0.39, 0.29) is 34.2 Å². The van der Waals surface area contributed by atoms with Gasteiger partial charge >= 0.3 is 6.09 Å². The molecule has 2 aromatic carbocycles. The number of hydrogen-bond donors (Lipinski definition) is 2. The minimum Gasteiger partial charge on any atom is -0.639 e. The second-order valence-electron chi connectivity index (χ2n) is 10.0. The van der Waals surface area contributed by atoms with Gasteiger partial charge in [-0.25, -0.2) is 9.78 Å². The van der Waals surface area contributed by atoms with Crippen molar-refractivity contribution in [3.8, 4) is 11.5 Å². The third-order valence-corrected chi connectivity index (χ3v) is 5.96. The molecule has 1 aromatic heterocycles. The Kier molecular flexibility index (Phi) is 14.2. The predicted octanol–water partition coefficient (Wildman–Crippen LogP) is 4.63. The van der Waals surface area contributed by atoms with Crippen LogP contribution in [0.3, 0.4) is 0 Å². The molecule has 3 N–H and O–H groups in total. The number of amides is 1. The molecule has 3 atom stereocenters. The summed E-state index contributed by atoms with van der Waals surface area (Å²) < 4.78 is 9.90. The number of cyclic esters (lactones) is 1. The Balaban J connectivity index is 0.000000330. The molecule has 1 amide bonds. The summed E-state index contributed by atoms with van der Waals surface area (Å²) in [5.74, 6) is 2.23. The van der Waals surface area contributed by atoms with E-state index in [1.807, 2.05) is 61.5 Å². The van der Waals surface area contributed by atoms with Gasteiger partial charge in [-0.2, -0.15) is 0 Å². The van der Waals surface area contributed by atoms with Crippen molar-refractivity contribution >= 4 is 11.9 Å². The SMILES string of the molecule is COc1cccc(ON(CC(C)C)CC(O)C(O)Cc2ccccc2)c1.Cc1ccnc(N2CC([NH-])OC2=O)c1.[W]. The Bertz CT molecular complexity index is 1200. The Labute approximate surface area is 256 Å². The van der Waals surface area contributed by atoms with Gasteiger partial charge in [0.15, 0.2) is 5.75 Å². The number of pyridine rings is 1. The molecule has 1 saturated heterocycles. The molecule has 0 radical (unpaired) electrons. The standard InChI is InChI=1S/C21H29NO4.C9H10N3O2.W/c1-16(2)14-22(26-19-11-7-10-18(13-19)25-3)15-21(24)20(23)12-17-8-5-4-6-9-17;1-6-2-3-11-8(4-6)12-5-7(10)14-9(12)13;/h4-11,13,16,20-21,23-24H,12,14-15H2,1-3H3;2-4,7,10H,5H2,1H3;/q;-1;. The van der Waals surface area contributed by atoms with Gasteiger partial charge < -0.3 is 30.3 Å². The summed E-state index contributed by atoms with van der Waals surface area (Å²) in [6.07, 6.45) is -1.04. The van der Waals surface area contributed by atoms with Gasteiger partial charge in [-0.15, -0.1) is 5.06 Å². The Morgan fingerprint density at radius 1 is 1.05 bits per heavy atom. The average Bonchev–Trinajstić information content (AvgIpc) is 3.27. The third kappa shape index (κ3) is 11.4. The molecular weight excluding hydrogens is 696 g/mol. The fraction of sp³-hybridized carbons (Fsp3) is 0.400. The van der Waals surface area contributed by atoms with E-state index in [0.717, 1.165) is 11.1 Å². The van der Waals surface area contributed by atoms with Crippen molar-refractivity contribution in [1.29, 1.82) is 0 Å². The third-order valence-electron chi connectivity index (χ3n) is 5.96. The molecule has 0 saturated carbocycles. The second-order valence-corrected chi connectivity index (χ2v) is 10.0. The van der Waals surface area contributed by atoms with Crippen molar-refractivity contribution in [3.05, 3.63) is 89.8 Å². The number of aliphatic hydroxyl groups is 2. The van der Waals surface area contributed by atoms with Crippen LogP contribution in [0.15, 0.2) is 72.9 Å². The molecule has 41 heavy (non-hydrogen) atoms. The number of hydroxylamine groups is 2. The number of aliphatic hydroxyl groups excluding tert-OH is 2. The fourth-order valence-electron chi connectivity index (χ4n) is 4.00. The maximum Gasteiger partial charge on any atom is 0.414 e. The zero-order valence-corrected chi connectivity index (χ0v) is 26.8. The number of rotatable bonds is 11. The summed E-state index contributed by atoms with van der Waals surface area (Å²) in [6, 6.07) is 20.6. The smallest absolute Gasteiger partial charge is 0.414 e. The van der Waals surface area contributed by atoms with Crippen LogP contribution in [-0.4, -0.2) is 71.5 Å². The molecular formula is C30H39N4O6W-. The molecule has 10 nitrogen and oxygen atoms in total. The number of nitrogens with zero attached hydrogens (tertiary/aromatic N) is 3. The molecule has 11 heteroatoms. The van der Waals surface area contributed by atoms with Crippen LogP contribution < -0.4 is 14.5 Å². The number of carbonyl (C=O) groups is 1. The maximum atomic E-state index is 11.2. The Hall–Kier alpha value is -3.01. The second kappa shape index (κ2) is 17.1. The molecule has 0 spiro atoms. The number of benzene rings is 2. The van der Waals surface area contributed by atoms with E-state index in [9.17, 15) is 15.0 Å². The van der Waals surface area contributed by atoms with E-state index in [1.165, 1.54) is 4.90 Å². The van der Waals surface area contributed by atoms with Gasteiger partial charge in [-0.3, -0.25) is 4.90 Å². The van der Waals surface area contributed by atoms with Crippen LogP contribution in [0.4, 0.5) is 10.6 Å². The van der Waals surface area contributed by atoms with Crippen molar-refractivity contribution in [1.82, 2.24) is 10.0 Å². The van der Waals surface area contributed by atoms with Crippen LogP contribution in [0, 0.1) is 12.8 Å². The average molecular weight is 736 g/mol. The molecule has 3 unspecified atom stereocenters. The van der Waals surface area contributed by atoms with Crippen molar-refractivity contribution in [2.24, 2.45) is 5.92 Å². The number of methoxy groups -OCH3 is 1. The fourth-order valence-corrected chi connectivity index (χ4v) is 4.00. The summed E-state index contributed by atoms with van der Waals surface area (Å²) >= 11 is 0. The van der Waals surface area contributed by atoms with E-state index in [1.54, 1.807) is 30.5 Å². The van der Waals surface area contributed by atoms with E-state index >= 15 is 0 Å². The van der Waals surface area contributed by atoms with Gasteiger partial charge in [0.05, 0.1) is 25.9 Å². The first-order chi connectivity index (χ1) is 19.1. The van der Waals surface area contributed by atoms with Crippen LogP contribution in [0.1, 0.15) is 25.0 Å². The van der Waals surface area contributed by atoms with Crippen molar-refractivity contribution in [2.45, 2.75) is 45.6 Å². The molecule has 0 aliphatic carbocycles. The molecule has 1 aliphatic heterocycles. The monoisotopic (exact) mass is 735 g/mol. The number of anilines is 1. The number of carbonyl (C=O) groups excluding carboxylic acids is 1. The minimum absolute atomic E-state index is 0. The molecule has 2 heterocycles. The van der Waals surface area contributed by atoms with Crippen molar-refractivity contribution < 1.29 is 50.4 Å². The zero-order chi connectivity index (χ0) is 29.1. The van der Waals surface area contributed by atoms with Crippen LogP contribution in [0.2, 0.25) is 0 Å². The first kappa shape index (κ1) is 34.2. The molecule has 1 fully saturated rings. The van der Waals surface area contributed by atoms with Crippen molar-refractivity contribution in [3.63, 3.8) is 0 Å². The van der Waals surface area contributed by atoms with Crippen molar-refractivity contribution in [2.75, 3.05) is 31.6 Å². The van der Waals surface area contributed by atoms with Crippen LogP contribution in [-0.2, 0) is 32.2 Å².